The van der Waals surface area contributed by atoms with Crippen molar-refractivity contribution < 1.29 is 14.6 Å². The zero-order chi connectivity index (χ0) is 18.4. The Morgan fingerprint density at radius 3 is 2.48 bits per heavy atom. The minimum atomic E-state index is -1.34. The molecule has 0 saturated carbocycles. The number of rotatable bonds is 3. The second-order valence-corrected chi connectivity index (χ2v) is 6.97. The highest BCUT2D eigenvalue weighted by Gasteiger charge is 2.51. The van der Waals surface area contributed by atoms with Crippen molar-refractivity contribution >= 4 is 11.7 Å². The molecule has 134 valence electrons. The van der Waals surface area contributed by atoms with Crippen LogP contribution in [0.3, 0.4) is 0 Å². The van der Waals surface area contributed by atoms with Crippen molar-refractivity contribution in [3.05, 3.63) is 51.4 Å². The van der Waals surface area contributed by atoms with E-state index in [0.29, 0.717) is 11.3 Å². The average molecular weight is 345 g/mol. The van der Waals surface area contributed by atoms with Crippen molar-refractivity contribution in [1.82, 2.24) is 10.2 Å². The van der Waals surface area contributed by atoms with Crippen LogP contribution < -0.4 is 10.5 Å². The number of aromatic amines is 2. The first-order valence-corrected chi connectivity index (χ1v) is 8.13. The fraction of sp³-hybridized carbons (Fsp3) is 0.444. The van der Waals surface area contributed by atoms with Crippen LogP contribution in [0.4, 0.5) is 5.69 Å². The number of hydrogen-bond donors (Lipinski definition) is 3. The Morgan fingerprint density at radius 2 is 1.92 bits per heavy atom. The molecule has 0 fully saturated rings. The number of H-pyrrole nitrogens is 2. The van der Waals surface area contributed by atoms with Crippen LogP contribution in [0.1, 0.15) is 29.7 Å². The van der Waals surface area contributed by atoms with E-state index < -0.39 is 23.4 Å². The van der Waals surface area contributed by atoms with Crippen molar-refractivity contribution in [3.8, 4) is 0 Å². The van der Waals surface area contributed by atoms with E-state index in [0.717, 1.165) is 11.3 Å². The summed E-state index contributed by atoms with van der Waals surface area (Å²) in [7, 11) is 5.17. The highest BCUT2D eigenvalue weighted by atomic mass is 16.5. The molecule has 3 rings (SSSR count). The molecule has 0 unspecified atom stereocenters. The summed E-state index contributed by atoms with van der Waals surface area (Å²) in [5, 5.41) is 16.3. The van der Waals surface area contributed by atoms with Gasteiger partial charge in [0.15, 0.2) is 0 Å². The molecule has 0 spiro atoms. The predicted molar refractivity (Wildman–Crippen MR) is 93.9 cm³/mol. The van der Waals surface area contributed by atoms with Crippen molar-refractivity contribution in [2.24, 2.45) is 5.92 Å². The Hall–Kier alpha value is -2.54. The fourth-order valence-corrected chi connectivity index (χ4v) is 3.72. The molecular weight excluding hydrogens is 322 g/mol. The number of nitrogens with zero attached hydrogens (tertiary/aromatic N) is 1. The largest absolute Gasteiger partial charge is 0.469 e. The number of anilines is 1. The average Bonchev–Trinajstić information content (AvgIpc) is 2.92. The Bertz CT molecular complexity index is 833. The molecule has 0 saturated heterocycles. The van der Waals surface area contributed by atoms with Crippen molar-refractivity contribution in [2.45, 2.75) is 24.9 Å². The van der Waals surface area contributed by atoms with Crippen LogP contribution in [0.5, 0.6) is 0 Å². The molecule has 3 atom stereocenters. The number of carbonyl (C=O) groups excluding carboxylic acids is 1. The summed E-state index contributed by atoms with van der Waals surface area (Å²) in [4.78, 5) is 26.8. The molecule has 1 aromatic heterocycles. The van der Waals surface area contributed by atoms with Gasteiger partial charge in [0, 0.05) is 43.4 Å². The zero-order valence-corrected chi connectivity index (χ0v) is 14.8. The molecule has 1 aliphatic carbocycles. The standard InChI is InChI=1S/C18H23N3O4/c1-18(24)9-12-14(16(22)20-19-12)13(15(18)17(23)25-4)10-5-7-11(8-6-10)21(2)3/h5-8,13,15,24H,9H2,1-4H3,(H2,19,20,22)/t13-,15-,18-/m1/s1. The van der Waals surface area contributed by atoms with Gasteiger partial charge in [-0.3, -0.25) is 14.7 Å². The van der Waals surface area contributed by atoms with Crippen LogP contribution in [0.25, 0.3) is 0 Å². The first kappa shape index (κ1) is 17.3. The lowest BCUT2D eigenvalue weighted by Crippen LogP contribution is -2.49. The van der Waals surface area contributed by atoms with Gasteiger partial charge in [-0.2, -0.15) is 0 Å². The molecule has 1 aromatic carbocycles. The van der Waals surface area contributed by atoms with Crippen LogP contribution in [0.15, 0.2) is 29.1 Å². The third kappa shape index (κ3) is 2.84. The molecular formula is C18H23N3O4. The van der Waals surface area contributed by atoms with Crippen molar-refractivity contribution in [1.29, 1.82) is 0 Å². The second-order valence-electron chi connectivity index (χ2n) is 6.97. The highest BCUT2D eigenvalue weighted by Crippen LogP contribution is 2.44. The number of carbonyl (C=O) groups is 1. The molecule has 0 bridgehead atoms. The van der Waals surface area contributed by atoms with Crippen LogP contribution >= 0.6 is 0 Å². The number of methoxy groups -OCH3 is 1. The monoisotopic (exact) mass is 345 g/mol. The molecule has 25 heavy (non-hydrogen) atoms. The van der Waals surface area contributed by atoms with Crippen LogP contribution in [-0.4, -0.2) is 48.1 Å². The van der Waals surface area contributed by atoms with E-state index >= 15 is 0 Å². The minimum absolute atomic E-state index is 0.174. The Morgan fingerprint density at radius 1 is 1.28 bits per heavy atom. The van der Waals surface area contributed by atoms with E-state index in [4.69, 9.17) is 4.74 Å². The molecule has 2 aromatic rings. The van der Waals surface area contributed by atoms with E-state index in [1.165, 1.54) is 7.11 Å². The van der Waals surface area contributed by atoms with Crippen LogP contribution in [0, 0.1) is 5.92 Å². The number of esters is 1. The number of benzene rings is 1. The number of ether oxygens (including phenoxy) is 1. The lowest BCUT2D eigenvalue weighted by atomic mass is 9.66. The minimum Gasteiger partial charge on any atom is -0.469 e. The molecule has 0 radical (unpaired) electrons. The number of hydrogen-bond acceptors (Lipinski definition) is 5. The SMILES string of the molecule is COC(=O)[C@H]1[C@H](c2ccc(N(C)C)cc2)c2c([nH][nH]c2=O)C[C@@]1(C)O. The third-order valence-corrected chi connectivity index (χ3v) is 4.97. The van der Waals surface area contributed by atoms with E-state index in [2.05, 4.69) is 10.2 Å². The molecule has 7 heteroatoms. The first-order valence-electron chi connectivity index (χ1n) is 8.13. The summed E-state index contributed by atoms with van der Waals surface area (Å²) in [6, 6.07) is 7.61. The van der Waals surface area contributed by atoms with Gasteiger partial charge in [-0.05, 0) is 24.6 Å². The number of aromatic nitrogens is 2. The summed E-state index contributed by atoms with van der Waals surface area (Å²) in [6.07, 6.45) is 0.174. The summed E-state index contributed by atoms with van der Waals surface area (Å²) in [5.74, 6) is -1.98. The van der Waals surface area contributed by atoms with E-state index in [1.807, 2.05) is 43.3 Å². The normalized spacial score (nSPS) is 25.3. The summed E-state index contributed by atoms with van der Waals surface area (Å²) >= 11 is 0. The highest BCUT2D eigenvalue weighted by molar-refractivity contribution is 5.77. The lowest BCUT2D eigenvalue weighted by Gasteiger charge is -2.40. The number of fused-ring (bicyclic) bond motifs is 1. The molecule has 1 heterocycles. The Labute approximate surface area is 145 Å². The molecule has 0 aliphatic heterocycles. The molecule has 1 aliphatic rings. The van der Waals surface area contributed by atoms with Crippen LogP contribution in [0.2, 0.25) is 0 Å². The summed E-state index contributed by atoms with van der Waals surface area (Å²) < 4.78 is 4.94. The van der Waals surface area contributed by atoms with Gasteiger partial charge >= 0.3 is 5.97 Å². The van der Waals surface area contributed by atoms with E-state index in [1.54, 1.807) is 6.92 Å². The second kappa shape index (κ2) is 6.07. The first-order chi connectivity index (χ1) is 11.8. The smallest absolute Gasteiger partial charge is 0.312 e. The Kier molecular flexibility index (Phi) is 4.20. The van der Waals surface area contributed by atoms with Crippen molar-refractivity contribution in [3.63, 3.8) is 0 Å². The van der Waals surface area contributed by atoms with Gasteiger partial charge in [0.25, 0.3) is 5.56 Å². The maximum atomic E-state index is 12.5. The number of nitrogens with one attached hydrogen (secondary N) is 2. The van der Waals surface area contributed by atoms with Gasteiger partial charge < -0.3 is 19.8 Å². The summed E-state index contributed by atoms with van der Waals surface area (Å²) in [6.45, 7) is 1.60. The third-order valence-electron chi connectivity index (χ3n) is 4.97. The van der Waals surface area contributed by atoms with Gasteiger partial charge in [0.1, 0.15) is 0 Å². The van der Waals surface area contributed by atoms with Gasteiger partial charge in [-0.25, -0.2) is 0 Å². The van der Waals surface area contributed by atoms with Gasteiger partial charge in [0.2, 0.25) is 0 Å². The van der Waals surface area contributed by atoms with E-state index in [-0.39, 0.29) is 12.0 Å². The summed E-state index contributed by atoms with van der Waals surface area (Å²) in [5.41, 5.74) is 1.28. The number of aliphatic hydroxyl groups is 1. The quantitative estimate of drug-likeness (QED) is 0.721. The fourth-order valence-electron chi connectivity index (χ4n) is 3.72. The van der Waals surface area contributed by atoms with Gasteiger partial charge in [-0.15, -0.1) is 0 Å². The molecule has 0 amide bonds. The van der Waals surface area contributed by atoms with Crippen LogP contribution in [-0.2, 0) is 16.0 Å². The van der Waals surface area contributed by atoms with Crippen molar-refractivity contribution in [2.75, 3.05) is 26.1 Å². The maximum absolute atomic E-state index is 12.5. The predicted octanol–water partition coefficient (Wildman–Crippen LogP) is 0.997. The molecule has 7 nitrogen and oxygen atoms in total. The Balaban J connectivity index is 2.18. The topological polar surface area (TPSA) is 98.4 Å². The van der Waals surface area contributed by atoms with Gasteiger partial charge in [0.05, 0.1) is 18.6 Å². The van der Waals surface area contributed by atoms with E-state index in [9.17, 15) is 14.7 Å². The zero-order valence-electron chi connectivity index (χ0n) is 14.8. The maximum Gasteiger partial charge on any atom is 0.312 e. The lowest BCUT2D eigenvalue weighted by molar-refractivity contribution is -0.156. The molecule has 3 N–H and O–H groups in total. The van der Waals surface area contributed by atoms with Gasteiger partial charge in [-0.1, -0.05) is 12.1 Å².